The van der Waals surface area contributed by atoms with Gasteiger partial charge in [-0.15, -0.1) is 0 Å². The smallest absolute Gasteiger partial charge is 0.306 e. The molecule has 0 bridgehead atoms. The number of aliphatic carboxylic acids is 1. The van der Waals surface area contributed by atoms with Crippen LogP contribution in [-0.4, -0.2) is 58.5 Å². The van der Waals surface area contributed by atoms with Crippen molar-refractivity contribution < 1.29 is 38.8 Å². The van der Waals surface area contributed by atoms with E-state index in [1.165, 1.54) is 0 Å². The quantitative estimate of drug-likeness (QED) is 0.558. The highest BCUT2D eigenvalue weighted by Gasteiger charge is 2.38. The van der Waals surface area contributed by atoms with Gasteiger partial charge in [-0.25, -0.2) is 4.39 Å². The Kier molecular flexibility index (Phi) is 5.45. The van der Waals surface area contributed by atoms with Crippen molar-refractivity contribution in [1.82, 2.24) is 0 Å². The van der Waals surface area contributed by atoms with Crippen molar-refractivity contribution in [2.75, 3.05) is 6.61 Å². The average Bonchev–Trinajstić information content (AvgIpc) is 2.29. The van der Waals surface area contributed by atoms with Crippen LogP contribution in [0.3, 0.4) is 0 Å². The number of rotatable bonds is 5. The Bertz CT molecular complexity index is 309. The number of carbonyl (C=O) groups excluding carboxylic acids is 1. The third-order valence-corrected chi connectivity index (χ3v) is 2.45. The van der Waals surface area contributed by atoms with Gasteiger partial charge in [0.05, 0.1) is 18.9 Å². The number of hydrogen-bond donors (Lipinski definition) is 3. The zero-order valence-electron chi connectivity index (χ0n) is 9.49. The first-order chi connectivity index (χ1) is 8.40. The van der Waals surface area contributed by atoms with Gasteiger partial charge in [0.1, 0.15) is 12.7 Å². The Morgan fingerprint density at radius 3 is 2.61 bits per heavy atom. The number of carbonyl (C=O) groups is 2. The van der Waals surface area contributed by atoms with Crippen LogP contribution in [0, 0.1) is 0 Å². The Labute approximate surface area is 102 Å². The molecule has 1 saturated heterocycles. The summed E-state index contributed by atoms with van der Waals surface area (Å²) in [7, 11) is 0. The van der Waals surface area contributed by atoms with E-state index in [1.54, 1.807) is 0 Å². The van der Waals surface area contributed by atoms with Gasteiger partial charge in [0.2, 0.25) is 0 Å². The largest absolute Gasteiger partial charge is 0.481 e. The van der Waals surface area contributed by atoms with Crippen LogP contribution in [0.4, 0.5) is 4.39 Å². The van der Waals surface area contributed by atoms with E-state index >= 15 is 0 Å². The van der Waals surface area contributed by atoms with E-state index in [0.717, 1.165) is 0 Å². The van der Waals surface area contributed by atoms with Crippen molar-refractivity contribution in [3.8, 4) is 0 Å². The number of carboxylic acid groups (broad SMARTS) is 1. The van der Waals surface area contributed by atoms with Crippen LogP contribution in [0.1, 0.15) is 19.3 Å². The molecule has 0 aromatic heterocycles. The maximum atomic E-state index is 13.4. The van der Waals surface area contributed by atoms with Crippen molar-refractivity contribution in [2.45, 2.75) is 43.9 Å². The molecular weight excluding hydrogens is 251 g/mol. The van der Waals surface area contributed by atoms with Gasteiger partial charge in [-0.2, -0.15) is 0 Å². The molecule has 7 nitrogen and oxygen atoms in total. The van der Waals surface area contributed by atoms with Gasteiger partial charge in [-0.3, -0.25) is 9.59 Å². The molecule has 1 aliphatic heterocycles. The van der Waals surface area contributed by atoms with Gasteiger partial charge in [-0.05, 0) is 0 Å². The third-order valence-electron chi connectivity index (χ3n) is 2.45. The third kappa shape index (κ3) is 4.55. The molecule has 0 aliphatic carbocycles. The zero-order chi connectivity index (χ0) is 13.7. The number of ether oxygens (including phenoxy) is 2. The lowest BCUT2D eigenvalue weighted by Crippen LogP contribution is -2.48. The molecule has 18 heavy (non-hydrogen) atoms. The van der Waals surface area contributed by atoms with Gasteiger partial charge < -0.3 is 24.8 Å². The normalized spacial score (nSPS) is 31.9. The highest BCUT2D eigenvalue weighted by atomic mass is 19.1. The van der Waals surface area contributed by atoms with Crippen LogP contribution in [0.5, 0.6) is 0 Å². The zero-order valence-corrected chi connectivity index (χ0v) is 9.49. The molecule has 0 radical (unpaired) electrons. The number of hydrogen-bond acceptors (Lipinski definition) is 6. The molecule has 1 unspecified atom stereocenters. The van der Waals surface area contributed by atoms with E-state index in [-0.39, 0.29) is 19.3 Å². The van der Waals surface area contributed by atoms with Crippen LogP contribution in [-0.2, 0) is 19.1 Å². The molecule has 0 aromatic carbocycles. The SMILES string of the molecule is O=C(O)CCC(=O)OC[C@H]1OC(O)C[C@@H](O)[C@@H]1F. The van der Waals surface area contributed by atoms with Crippen molar-refractivity contribution >= 4 is 11.9 Å². The summed E-state index contributed by atoms with van der Waals surface area (Å²) in [6.07, 6.45) is -6.66. The second-order valence-corrected chi connectivity index (χ2v) is 3.95. The summed E-state index contributed by atoms with van der Waals surface area (Å²) >= 11 is 0. The minimum absolute atomic E-state index is 0.245. The summed E-state index contributed by atoms with van der Waals surface area (Å²) in [5.41, 5.74) is 0. The van der Waals surface area contributed by atoms with Crippen molar-refractivity contribution in [3.63, 3.8) is 0 Å². The van der Waals surface area contributed by atoms with Crippen molar-refractivity contribution in [3.05, 3.63) is 0 Å². The molecule has 0 amide bonds. The van der Waals surface area contributed by atoms with E-state index in [0.29, 0.717) is 0 Å². The van der Waals surface area contributed by atoms with Gasteiger partial charge in [-0.1, -0.05) is 0 Å². The summed E-state index contributed by atoms with van der Waals surface area (Å²) in [6.45, 7) is -0.478. The second kappa shape index (κ2) is 6.62. The maximum absolute atomic E-state index is 13.4. The standard InChI is InChI=1S/C10H15FO7/c11-10-5(12)3-9(16)18-6(10)4-17-8(15)2-1-7(13)14/h5-6,9-10,12,16H,1-4H2,(H,13,14)/t5-,6-,9?,10+/m1/s1. The predicted octanol–water partition coefficient (Wildman–Crippen LogP) is -0.799. The van der Waals surface area contributed by atoms with Gasteiger partial charge in [0.15, 0.2) is 12.5 Å². The summed E-state index contributed by atoms with van der Waals surface area (Å²) in [4.78, 5) is 21.3. The molecule has 8 heteroatoms. The number of halogens is 1. The molecule has 104 valence electrons. The first-order valence-corrected chi connectivity index (χ1v) is 5.43. The average molecular weight is 266 g/mol. The number of esters is 1. The topological polar surface area (TPSA) is 113 Å². The molecule has 3 N–H and O–H groups in total. The van der Waals surface area contributed by atoms with E-state index in [1.807, 2.05) is 0 Å². The fourth-order valence-electron chi connectivity index (χ4n) is 1.50. The summed E-state index contributed by atoms with van der Waals surface area (Å²) < 4.78 is 22.8. The number of aliphatic hydroxyl groups is 2. The van der Waals surface area contributed by atoms with E-state index in [2.05, 4.69) is 4.74 Å². The van der Waals surface area contributed by atoms with Crippen molar-refractivity contribution in [1.29, 1.82) is 0 Å². The number of alkyl halides is 1. The Morgan fingerprint density at radius 1 is 1.33 bits per heavy atom. The molecule has 0 spiro atoms. The monoisotopic (exact) mass is 266 g/mol. The second-order valence-electron chi connectivity index (χ2n) is 3.95. The summed E-state index contributed by atoms with van der Waals surface area (Å²) in [5.74, 6) is -1.95. The van der Waals surface area contributed by atoms with E-state index < -0.39 is 43.2 Å². The number of aliphatic hydroxyl groups excluding tert-OH is 2. The molecular formula is C10H15FO7. The Morgan fingerprint density at radius 2 is 2.00 bits per heavy atom. The lowest BCUT2D eigenvalue weighted by atomic mass is 10.0. The minimum Gasteiger partial charge on any atom is -0.481 e. The maximum Gasteiger partial charge on any atom is 0.306 e. The molecule has 0 aromatic rings. The van der Waals surface area contributed by atoms with Crippen LogP contribution in [0.2, 0.25) is 0 Å². The van der Waals surface area contributed by atoms with Crippen molar-refractivity contribution in [2.24, 2.45) is 0 Å². The fraction of sp³-hybridized carbons (Fsp3) is 0.800. The van der Waals surface area contributed by atoms with E-state index in [9.17, 15) is 19.1 Å². The predicted molar refractivity (Wildman–Crippen MR) is 54.2 cm³/mol. The summed E-state index contributed by atoms with van der Waals surface area (Å²) in [5, 5.41) is 26.7. The van der Waals surface area contributed by atoms with Crippen LogP contribution < -0.4 is 0 Å². The Hall–Kier alpha value is -1.25. The molecule has 1 heterocycles. The molecule has 1 fully saturated rings. The van der Waals surface area contributed by atoms with Crippen LogP contribution >= 0.6 is 0 Å². The fourth-order valence-corrected chi connectivity index (χ4v) is 1.50. The lowest BCUT2D eigenvalue weighted by Gasteiger charge is -2.33. The van der Waals surface area contributed by atoms with Gasteiger partial charge in [0.25, 0.3) is 0 Å². The van der Waals surface area contributed by atoms with Gasteiger partial charge in [0, 0.05) is 6.42 Å². The van der Waals surface area contributed by atoms with E-state index in [4.69, 9.17) is 14.9 Å². The lowest BCUT2D eigenvalue weighted by molar-refractivity contribution is -0.228. The first kappa shape index (κ1) is 14.8. The minimum atomic E-state index is -1.76. The van der Waals surface area contributed by atoms with Crippen LogP contribution in [0.25, 0.3) is 0 Å². The molecule has 1 aliphatic rings. The number of carboxylic acids is 1. The first-order valence-electron chi connectivity index (χ1n) is 5.43. The molecule has 4 atom stereocenters. The molecule has 0 saturated carbocycles. The Balaban J connectivity index is 2.33. The highest BCUT2D eigenvalue weighted by molar-refractivity contribution is 5.76. The summed E-state index contributed by atoms with van der Waals surface area (Å²) in [6, 6.07) is 0. The van der Waals surface area contributed by atoms with Gasteiger partial charge >= 0.3 is 11.9 Å². The van der Waals surface area contributed by atoms with Crippen LogP contribution in [0.15, 0.2) is 0 Å². The highest BCUT2D eigenvalue weighted by Crippen LogP contribution is 2.22. The molecule has 1 rings (SSSR count).